The second kappa shape index (κ2) is 8.02. The highest BCUT2D eigenvalue weighted by Gasteiger charge is 2.66. The molecule has 0 aromatic rings. The molecule has 1 N–H and O–H groups in total. The largest absolute Gasteiger partial charge is 0.463 e. The molecule has 4 rings (SSSR count). The summed E-state index contributed by atoms with van der Waals surface area (Å²) < 4.78 is 11.3. The van der Waals surface area contributed by atoms with Crippen LogP contribution in [0.5, 0.6) is 0 Å². The lowest BCUT2D eigenvalue weighted by Crippen LogP contribution is -2.61. The van der Waals surface area contributed by atoms with Crippen molar-refractivity contribution >= 4 is 17.7 Å². The smallest absolute Gasteiger partial charge is 0.302 e. The minimum atomic E-state index is -0.244. The minimum absolute atomic E-state index is 0.0161. The first kappa shape index (κ1) is 23.6. The molecule has 0 radical (unpaired) electrons. The van der Waals surface area contributed by atoms with Crippen LogP contribution in [0.3, 0.4) is 0 Å². The molecule has 0 heterocycles. The van der Waals surface area contributed by atoms with Crippen molar-refractivity contribution in [1.82, 2.24) is 0 Å². The summed E-state index contributed by atoms with van der Waals surface area (Å²) in [5.41, 5.74) is 0.912. The van der Waals surface area contributed by atoms with Crippen LogP contribution in [-0.4, -0.2) is 35.1 Å². The number of oxime groups is 1. The number of carbonyl (C=O) groups excluding carboxylic acids is 2. The van der Waals surface area contributed by atoms with Crippen LogP contribution in [0, 0.1) is 39.9 Å². The highest BCUT2D eigenvalue weighted by atomic mass is 16.5. The highest BCUT2D eigenvalue weighted by molar-refractivity contribution is 5.91. The summed E-state index contributed by atoms with van der Waals surface area (Å²) in [6.45, 7) is 12.1. The monoisotopic (exact) mass is 447 g/mol. The number of rotatable bonds is 3. The zero-order valence-corrected chi connectivity index (χ0v) is 20.6. The van der Waals surface area contributed by atoms with Gasteiger partial charge in [0.05, 0.1) is 5.71 Å². The Morgan fingerprint density at radius 2 is 1.75 bits per heavy atom. The molecule has 0 unspecified atom stereocenters. The molecule has 0 aliphatic heterocycles. The molecule has 6 nitrogen and oxygen atoms in total. The van der Waals surface area contributed by atoms with Crippen LogP contribution in [0.15, 0.2) is 5.16 Å². The number of nitrogens with zero attached hydrogens (tertiary/aromatic N) is 1. The van der Waals surface area contributed by atoms with Crippen molar-refractivity contribution < 1.29 is 24.3 Å². The van der Waals surface area contributed by atoms with Crippen LogP contribution in [0.25, 0.3) is 0 Å². The van der Waals surface area contributed by atoms with E-state index in [4.69, 9.17) is 9.47 Å². The van der Waals surface area contributed by atoms with E-state index in [2.05, 4.69) is 25.9 Å². The van der Waals surface area contributed by atoms with Crippen LogP contribution in [0.2, 0.25) is 0 Å². The Morgan fingerprint density at radius 3 is 2.38 bits per heavy atom. The van der Waals surface area contributed by atoms with Gasteiger partial charge in [0.2, 0.25) is 0 Å². The number of esters is 2. The topological polar surface area (TPSA) is 85.2 Å². The van der Waals surface area contributed by atoms with Gasteiger partial charge in [-0.1, -0.05) is 25.9 Å². The van der Waals surface area contributed by atoms with Gasteiger partial charge >= 0.3 is 11.9 Å². The summed E-state index contributed by atoms with van der Waals surface area (Å²) in [5.74, 6) is 1.26. The lowest BCUT2D eigenvalue weighted by atomic mass is 9.40. The first-order chi connectivity index (χ1) is 15.0. The van der Waals surface area contributed by atoms with Gasteiger partial charge in [0.25, 0.3) is 0 Å². The van der Waals surface area contributed by atoms with Crippen LogP contribution in [-0.2, 0) is 19.1 Å². The third-order valence-electron chi connectivity index (χ3n) is 10.7. The predicted octanol–water partition coefficient (Wildman–Crippen LogP) is 5.36. The second-order valence-electron chi connectivity index (χ2n) is 11.9. The van der Waals surface area contributed by atoms with Gasteiger partial charge in [-0.25, -0.2) is 0 Å². The molecule has 0 aromatic carbocycles. The van der Waals surface area contributed by atoms with E-state index in [1.807, 2.05) is 6.92 Å². The first-order valence-corrected chi connectivity index (χ1v) is 12.5. The fourth-order valence-electron chi connectivity index (χ4n) is 8.94. The second-order valence-corrected chi connectivity index (χ2v) is 11.9. The maximum absolute atomic E-state index is 11.6. The standard InChI is InChI=1S/C26H41NO5/c1-15(31-16(2)28)20-7-8-21-19-10-11-24(4)14-18(32-17(3)29)9-12-25(24,5)22(19)13-23(27-30)26(20,21)6/h15,18-22,30H,7-14H2,1-6H3/b27-23-/t15-,18+,19+,20-,21+,22+,24+,25-,26-/m1/s1. The molecule has 4 fully saturated rings. The zero-order chi connectivity index (χ0) is 23.5. The molecule has 0 aromatic heterocycles. The van der Waals surface area contributed by atoms with Crippen LogP contribution < -0.4 is 0 Å². The van der Waals surface area contributed by atoms with Crippen LogP contribution in [0.4, 0.5) is 0 Å². The summed E-state index contributed by atoms with van der Waals surface area (Å²) in [5, 5.41) is 14.1. The van der Waals surface area contributed by atoms with E-state index in [0.29, 0.717) is 17.8 Å². The summed E-state index contributed by atoms with van der Waals surface area (Å²) in [7, 11) is 0. The Morgan fingerprint density at radius 1 is 1.03 bits per heavy atom. The molecule has 32 heavy (non-hydrogen) atoms. The van der Waals surface area contributed by atoms with Crippen molar-refractivity contribution in [1.29, 1.82) is 0 Å². The molecular weight excluding hydrogens is 406 g/mol. The van der Waals surface area contributed by atoms with Gasteiger partial charge in [-0.2, -0.15) is 0 Å². The maximum atomic E-state index is 11.6. The molecule has 0 saturated heterocycles. The molecule has 6 heteroatoms. The van der Waals surface area contributed by atoms with E-state index in [1.165, 1.54) is 13.8 Å². The van der Waals surface area contributed by atoms with Crippen molar-refractivity contribution in [3.05, 3.63) is 0 Å². The number of hydrogen-bond donors (Lipinski definition) is 1. The lowest BCUT2D eigenvalue weighted by Gasteiger charge is -2.65. The van der Waals surface area contributed by atoms with Crippen molar-refractivity contribution in [3.8, 4) is 0 Å². The summed E-state index contributed by atoms with van der Waals surface area (Å²) in [6.07, 6.45) is 7.92. The van der Waals surface area contributed by atoms with Gasteiger partial charge in [-0.3, -0.25) is 9.59 Å². The van der Waals surface area contributed by atoms with Gasteiger partial charge in [-0.15, -0.1) is 0 Å². The molecule has 180 valence electrons. The fourth-order valence-corrected chi connectivity index (χ4v) is 8.94. The molecule has 4 aliphatic rings. The maximum Gasteiger partial charge on any atom is 0.302 e. The van der Waals surface area contributed by atoms with Gasteiger partial charge in [-0.05, 0) is 86.9 Å². The van der Waals surface area contributed by atoms with Crippen molar-refractivity contribution in [2.45, 2.75) is 105 Å². The number of hydrogen-bond acceptors (Lipinski definition) is 6. The van der Waals surface area contributed by atoms with E-state index in [0.717, 1.165) is 57.1 Å². The van der Waals surface area contributed by atoms with Crippen molar-refractivity contribution in [2.24, 2.45) is 45.1 Å². The first-order valence-electron chi connectivity index (χ1n) is 12.5. The molecular formula is C26H41NO5. The summed E-state index contributed by atoms with van der Waals surface area (Å²) in [6, 6.07) is 0. The third-order valence-corrected chi connectivity index (χ3v) is 10.7. The quantitative estimate of drug-likeness (QED) is 0.358. The van der Waals surface area contributed by atoms with E-state index < -0.39 is 0 Å². The normalized spacial score (nSPS) is 47.7. The van der Waals surface area contributed by atoms with Crippen LogP contribution >= 0.6 is 0 Å². The van der Waals surface area contributed by atoms with E-state index >= 15 is 0 Å². The van der Waals surface area contributed by atoms with Crippen molar-refractivity contribution in [3.63, 3.8) is 0 Å². The van der Waals surface area contributed by atoms with E-state index in [1.54, 1.807) is 0 Å². The Bertz CT molecular complexity index is 810. The van der Waals surface area contributed by atoms with Crippen LogP contribution in [0.1, 0.15) is 92.9 Å². The van der Waals surface area contributed by atoms with Gasteiger partial charge in [0.15, 0.2) is 0 Å². The average molecular weight is 448 g/mol. The molecule has 0 amide bonds. The van der Waals surface area contributed by atoms with Gasteiger partial charge < -0.3 is 14.7 Å². The Labute approximate surface area is 192 Å². The summed E-state index contributed by atoms with van der Waals surface area (Å²) >= 11 is 0. The number of ether oxygens (including phenoxy) is 2. The molecule has 0 spiro atoms. The van der Waals surface area contributed by atoms with Gasteiger partial charge in [0.1, 0.15) is 12.2 Å². The minimum Gasteiger partial charge on any atom is -0.463 e. The zero-order valence-electron chi connectivity index (χ0n) is 20.6. The molecule has 9 atom stereocenters. The third kappa shape index (κ3) is 3.38. The molecule has 0 bridgehead atoms. The van der Waals surface area contributed by atoms with Crippen molar-refractivity contribution in [2.75, 3.05) is 0 Å². The summed E-state index contributed by atoms with van der Waals surface area (Å²) in [4.78, 5) is 23.2. The highest BCUT2D eigenvalue weighted by Crippen LogP contribution is 2.70. The lowest BCUT2D eigenvalue weighted by molar-refractivity contribution is -0.174. The van der Waals surface area contributed by atoms with E-state index in [-0.39, 0.29) is 46.3 Å². The Kier molecular flexibility index (Phi) is 5.90. The number of fused-ring (bicyclic) bond motifs is 5. The average Bonchev–Trinajstić information content (AvgIpc) is 3.05. The Hall–Kier alpha value is -1.59. The predicted molar refractivity (Wildman–Crippen MR) is 121 cm³/mol. The SMILES string of the molecule is CC(=O)O[C@H]1CC[C@]2(C)[C@H]3C/C(=N/O)[C@]4(C)[C@@H]([C@@H](C)OC(C)=O)CC[C@H]4[C@@H]3CC[C@@]2(C)C1. The molecule has 4 aliphatic carbocycles. The van der Waals surface area contributed by atoms with Gasteiger partial charge in [0, 0.05) is 25.2 Å². The fraction of sp³-hybridized carbons (Fsp3) is 0.885. The molecule has 4 saturated carbocycles. The van der Waals surface area contributed by atoms with E-state index in [9.17, 15) is 14.8 Å². The number of carbonyl (C=O) groups is 2. The Balaban J connectivity index is 1.64.